The molecule has 4 nitrogen and oxygen atoms in total. The third-order valence-electron chi connectivity index (χ3n) is 4.33. The normalized spacial score (nSPS) is 16.2. The number of rotatable bonds is 1. The number of hydrogen-bond donors (Lipinski definition) is 0. The Balaban J connectivity index is 2.02. The molecular weight excluding hydrogens is 364 g/mol. The van der Waals surface area contributed by atoms with E-state index in [0.717, 1.165) is 38.6 Å². The molecule has 0 amide bonds. The number of fused-ring (bicyclic) bond motifs is 3. The maximum absolute atomic E-state index is 4.99. The van der Waals surface area contributed by atoms with E-state index in [1.54, 1.807) is 0 Å². The Kier molecular flexibility index (Phi) is 3.61. The average molecular weight is 381 g/mol. The van der Waals surface area contributed by atoms with Crippen LogP contribution in [0.1, 0.15) is 41.3 Å². The molecule has 0 saturated carbocycles. The van der Waals surface area contributed by atoms with Gasteiger partial charge in [0.2, 0.25) is 0 Å². The fraction of sp³-hybridized carbons (Fsp3) is 0.211. The molecule has 1 aliphatic rings. The minimum atomic E-state index is -0.0614. The van der Waals surface area contributed by atoms with Gasteiger partial charge in [0.05, 0.1) is 11.4 Å². The molecule has 2 heterocycles. The molecule has 120 valence electrons. The van der Waals surface area contributed by atoms with Gasteiger partial charge in [-0.05, 0) is 39.0 Å². The second-order valence-corrected chi connectivity index (χ2v) is 7.04. The first-order valence-corrected chi connectivity index (χ1v) is 8.71. The summed E-state index contributed by atoms with van der Waals surface area (Å²) in [5, 5.41) is 8.61. The van der Waals surface area contributed by atoms with Crippen molar-refractivity contribution in [2.24, 2.45) is 4.99 Å². The summed E-state index contributed by atoms with van der Waals surface area (Å²) >= 11 is 3.60. The van der Waals surface area contributed by atoms with Gasteiger partial charge in [0.1, 0.15) is 11.9 Å². The monoisotopic (exact) mass is 380 g/mol. The third-order valence-corrected chi connectivity index (χ3v) is 4.82. The van der Waals surface area contributed by atoms with E-state index >= 15 is 0 Å². The molecule has 0 N–H and O–H groups in total. The number of benzene rings is 2. The van der Waals surface area contributed by atoms with Crippen LogP contribution in [0.3, 0.4) is 0 Å². The molecule has 1 aromatic heterocycles. The SMILES string of the molecule is Cc1ccc(C2=N[C@@H](C)c3nnc(C)n3-c3ccc(Br)cc32)cc1. The van der Waals surface area contributed by atoms with Crippen molar-refractivity contribution in [1.82, 2.24) is 14.8 Å². The van der Waals surface area contributed by atoms with E-state index in [2.05, 4.69) is 80.9 Å². The lowest BCUT2D eigenvalue weighted by Crippen LogP contribution is -2.08. The number of halogens is 1. The van der Waals surface area contributed by atoms with E-state index in [0.29, 0.717) is 0 Å². The highest BCUT2D eigenvalue weighted by Gasteiger charge is 2.25. The van der Waals surface area contributed by atoms with Crippen LogP contribution in [-0.4, -0.2) is 20.5 Å². The summed E-state index contributed by atoms with van der Waals surface area (Å²) in [7, 11) is 0. The van der Waals surface area contributed by atoms with E-state index in [1.807, 2.05) is 13.0 Å². The zero-order valence-electron chi connectivity index (χ0n) is 13.8. The van der Waals surface area contributed by atoms with Crippen molar-refractivity contribution < 1.29 is 0 Å². The van der Waals surface area contributed by atoms with Crippen LogP contribution in [0.15, 0.2) is 51.9 Å². The first-order valence-electron chi connectivity index (χ1n) is 7.91. The molecule has 1 atom stereocenters. The zero-order valence-corrected chi connectivity index (χ0v) is 15.4. The van der Waals surface area contributed by atoms with Gasteiger partial charge in [-0.1, -0.05) is 45.8 Å². The van der Waals surface area contributed by atoms with Crippen LogP contribution in [0, 0.1) is 13.8 Å². The van der Waals surface area contributed by atoms with E-state index in [9.17, 15) is 0 Å². The molecule has 3 aromatic rings. The molecule has 24 heavy (non-hydrogen) atoms. The molecule has 5 heteroatoms. The first-order chi connectivity index (χ1) is 11.5. The minimum Gasteiger partial charge on any atom is -0.281 e. The fourth-order valence-corrected chi connectivity index (χ4v) is 3.46. The first kappa shape index (κ1) is 15.3. The molecular formula is C19H17BrN4. The second-order valence-electron chi connectivity index (χ2n) is 6.12. The van der Waals surface area contributed by atoms with E-state index < -0.39 is 0 Å². The lowest BCUT2D eigenvalue weighted by Gasteiger charge is -2.13. The Hall–Kier alpha value is -2.27. The molecule has 0 bridgehead atoms. The smallest absolute Gasteiger partial charge is 0.162 e. The van der Waals surface area contributed by atoms with Crippen molar-refractivity contribution in [1.29, 1.82) is 0 Å². The summed E-state index contributed by atoms with van der Waals surface area (Å²) in [6.45, 7) is 6.14. The van der Waals surface area contributed by atoms with Crippen molar-refractivity contribution in [3.05, 3.63) is 75.3 Å². The summed E-state index contributed by atoms with van der Waals surface area (Å²) < 4.78 is 3.14. The summed E-state index contributed by atoms with van der Waals surface area (Å²) in [6, 6.07) is 14.7. The number of aromatic nitrogens is 3. The highest BCUT2D eigenvalue weighted by molar-refractivity contribution is 9.10. The van der Waals surface area contributed by atoms with Gasteiger partial charge in [0.25, 0.3) is 0 Å². The molecule has 2 aromatic carbocycles. The topological polar surface area (TPSA) is 43.1 Å². The molecule has 0 fully saturated rings. The van der Waals surface area contributed by atoms with Crippen LogP contribution in [0.25, 0.3) is 5.69 Å². The minimum absolute atomic E-state index is 0.0614. The van der Waals surface area contributed by atoms with Gasteiger partial charge in [0.15, 0.2) is 5.82 Å². The van der Waals surface area contributed by atoms with Crippen LogP contribution in [0.5, 0.6) is 0 Å². The Morgan fingerprint density at radius 3 is 2.50 bits per heavy atom. The van der Waals surface area contributed by atoms with Gasteiger partial charge in [-0.15, -0.1) is 10.2 Å². The van der Waals surface area contributed by atoms with Crippen molar-refractivity contribution in [3.63, 3.8) is 0 Å². The summed E-state index contributed by atoms with van der Waals surface area (Å²) in [4.78, 5) is 4.99. The zero-order chi connectivity index (χ0) is 16.8. The van der Waals surface area contributed by atoms with Crippen molar-refractivity contribution in [2.75, 3.05) is 0 Å². The van der Waals surface area contributed by atoms with Gasteiger partial charge in [-0.3, -0.25) is 9.56 Å². The lowest BCUT2D eigenvalue weighted by atomic mass is 9.99. The number of nitrogens with zero attached hydrogens (tertiary/aromatic N) is 4. The Bertz CT molecular complexity index is 954. The summed E-state index contributed by atoms with van der Waals surface area (Å²) in [5.41, 5.74) is 5.50. The summed E-state index contributed by atoms with van der Waals surface area (Å²) in [6.07, 6.45) is 0. The van der Waals surface area contributed by atoms with Crippen LogP contribution in [0.4, 0.5) is 0 Å². The molecule has 0 spiro atoms. The predicted molar refractivity (Wildman–Crippen MR) is 99.0 cm³/mol. The number of hydrogen-bond acceptors (Lipinski definition) is 3. The van der Waals surface area contributed by atoms with Gasteiger partial charge < -0.3 is 0 Å². The standard InChI is InChI=1S/C19H17BrN4/c1-11-4-6-14(7-5-11)18-16-10-15(20)8-9-17(16)24-13(3)22-23-19(24)12(2)21-18/h4-10,12H,1-3H3/t12-/m0/s1. The van der Waals surface area contributed by atoms with Crippen LogP contribution in [0.2, 0.25) is 0 Å². The number of aliphatic imine (C=N–C) groups is 1. The Morgan fingerprint density at radius 1 is 1.00 bits per heavy atom. The Labute approximate surface area is 149 Å². The summed E-state index contributed by atoms with van der Waals surface area (Å²) in [5.74, 6) is 1.75. The van der Waals surface area contributed by atoms with Gasteiger partial charge in [-0.25, -0.2) is 0 Å². The van der Waals surface area contributed by atoms with Crippen LogP contribution >= 0.6 is 15.9 Å². The van der Waals surface area contributed by atoms with E-state index in [1.165, 1.54) is 5.56 Å². The van der Waals surface area contributed by atoms with Crippen molar-refractivity contribution in [3.8, 4) is 5.69 Å². The fourth-order valence-electron chi connectivity index (χ4n) is 3.10. The highest BCUT2D eigenvalue weighted by atomic mass is 79.9. The van der Waals surface area contributed by atoms with Crippen LogP contribution in [-0.2, 0) is 0 Å². The van der Waals surface area contributed by atoms with Gasteiger partial charge in [0, 0.05) is 15.6 Å². The largest absolute Gasteiger partial charge is 0.281 e. The lowest BCUT2D eigenvalue weighted by molar-refractivity contribution is 0.721. The number of aryl methyl sites for hydroxylation is 2. The Morgan fingerprint density at radius 2 is 1.75 bits per heavy atom. The quantitative estimate of drug-likeness (QED) is 0.620. The van der Waals surface area contributed by atoms with Gasteiger partial charge in [-0.2, -0.15) is 0 Å². The van der Waals surface area contributed by atoms with Crippen molar-refractivity contribution in [2.45, 2.75) is 26.8 Å². The molecule has 1 aliphatic heterocycles. The average Bonchev–Trinajstić information content (AvgIpc) is 2.89. The molecule has 0 aliphatic carbocycles. The molecule has 0 saturated heterocycles. The van der Waals surface area contributed by atoms with Crippen LogP contribution < -0.4 is 0 Å². The maximum Gasteiger partial charge on any atom is 0.162 e. The van der Waals surface area contributed by atoms with Crippen molar-refractivity contribution >= 4 is 21.6 Å². The molecule has 0 radical (unpaired) electrons. The van der Waals surface area contributed by atoms with Gasteiger partial charge >= 0.3 is 0 Å². The molecule has 4 rings (SSSR count). The predicted octanol–water partition coefficient (Wildman–Crippen LogP) is 4.56. The third kappa shape index (κ3) is 2.40. The maximum atomic E-state index is 4.99. The van der Waals surface area contributed by atoms with E-state index in [4.69, 9.17) is 4.99 Å². The molecule has 0 unspecified atom stereocenters. The van der Waals surface area contributed by atoms with E-state index in [-0.39, 0.29) is 6.04 Å². The highest BCUT2D eigenvalue weighted by Crippen LogP contribution is 2.32. The second kappa shape index (κ2) is 5.67.